The van der Waals surface area contributed by atoms with Gasteiger partial charge in [-0.1, -0.05) is 59.6 Å². The molecule has 0 fully saturated rings. The van der Waals surface area contributed by atoms with Gasteiger partial charge in [0.15, 0.2) is 0 Å². The van der Waals surface area contributed by atoms with Crippen LogP contribution in [-0.2, 0) is 0 Å². The van der Waals surface area contributed by atoms with Gasteiger partial charge in [-0.3, -0.25) is 0 Å². The van der Waals surface area contributed by atoms with Crippen molar-refractivity contribution < 1.29 is 5.11 Å². The van der Waals surface area contributed by atoms with E-state index >= 15 is 0 Å². The minimum atomic E-state index is -0.513. The van der Waals surface area contributed by atoms with Gasteiger partial charge in [-0.15, -0.1) is 0 Å². The molecule has 0 amide bonds. The summed E-state index contributed by atoms with van der Waals surface area (Å²) >= 11 is 6.17. The van der Waals surface area contributed by atoms with Crippen molar-refractivity contribution in [3.05, 3.63) is 70.2 Å². The Morgan fingerprint density at radius 1 is 1.10 bits per heavy atom. The Bertz CT molecular complexity index is 553. The van der Waals surface area contributed by atoms with E-state index < -0.39 is 6.10 Å². The molecule has 0 radical (unpaired) electrons. The van der Waals surface area contributed by atoms with Crippen LogP contribution in [0, 0.1) is 6.92 Å². The molecule has 2 N–H and O–H groups in total. The predicted molar refractivity (Wildman–Crippen MR) is 84.0 cm³/mol. The fraction of sp³-hybridized carbons (Fsp3) is 0.294. The van der Waals surface area contributed by atoms with E-state index in [1.807, 2.05) is 62.4 Å². The molecule has 2 aromatic rings. The topological polar surface area (TPSA) is 32.3 Å². The van der Waals surface area contributed by atoms with Crippen molar-refractivity contribution in [3.8, 4) is 0 Å². The van der Waals surface area contributed by atoms with Gasteiger partial charge in [0.1, 0.15) is 0 Å². The molecule has 0 aliphatic heterocycles. The highest BCUT2D eigenvalue weighted by atomic mass is 35.5. The molecule has 0 aliphatic rings. The summed E-state index contributed by atoms with van der Waals surface area (Å²) in [6.07, 6.45) is -0.513. The minimum Gasteiger partial charge on any atom is -0.387 e. The number of hydrogen-bond donors (Lipinski definition) is 2. The van der Waals surface area contributed by atoms with Gasteiger partial charge in [0, 0.05) is 17.6 Å². The zero-order valence-corrected chi connectivity index (χ0v) is 12.6. The van der Waals surface area contributed by atoms with Crippen LogP contribution < -0.4 is 5.32 Å². The molecule has 2 aromatic carbocycles. The van der Waals surface area contributed by atoms with E-state index in [9.17, 15) is 5.11 Å². The summed E-state index contributed by atoms with van der Waals surface area (Å²) in [7, 11) is 0. The summed E-state index contributed by atoms with van der Waals surface area (Å²) in [5.74, 6) is 0. The highest BCUT2D eigenvalue weighted by Gasteiger charge is 2.12. The van der Waals surface area contributed by atoms with Crippen LogP contribution in [0.4, 0.5) is 0 Å². The molecule has 2 rings (SSSR count). The predicted octanol–water partition coefficient (Wildman–Crippen LogP) is 4.03. The standard InChI is InChI=1S/C17H20ClNO/c1-12-7-9-14(10-8-12)17(20)11-19-13(2)15-5-3-4-6-16(15)18/h3-10,13,17,19-20H,11H2,1-2H3/t13-,17-/m0/s1. The lowest BCUT2D eigenvalue weighted by Gasteiger charge is -2.18. The Labute approximate surface area is 125 Å². The molecule has 0 unspecified atom stereocenters. The smallest absolute Gasteiger partial charge is 0.0914 e. The van der Waals surface area contributed by atoms with Crippen molar-refractivity contribution in [1.29, 1.82) is 0 Å². The maximum atomic E-state index is 10.2. The lowest BCUT2D eigenvalue weighted by molar-refractivity contribution is 0.171. The highest BCUT2D eigenvalue weighted by molar-refractivity contribution is 6.31. The average Bonchev–Trinajstić information content (AvgIpc) is 2.45. The molecule has 0 heterocycles. The number of halogens is 1. The molecule has 2 atom stereocenters. The lowest BCUT2D eigenvalue weighted by Crippen LogP contribution is -2.24. The van der Waals surface area contributed by atoms with E-state index in [4.69, 9.17) is 11.6 Å². The molecule has 0 spiro atoms. The summed E-state index contributed by atoms with van der Waals surface area (Å²) in [4.78, 5) is 0. The Morgan fingerprint density at radius 2 is 1.75 bits per heavy atom. The van der Waals surface area contributed by atoms with Crippen LogP contribution in [0.2, 0.25) is 5.02 Å². The first-order valence-corrected chi connectivity index (χ1v) is 7.18. The Balaban J connectivity index is 1.95. The van der Waals surface area contributed by atoms with Crippen LogP contribution in [0.1, 0.15) is 35.8 Å². The summed E-state index contributed by atoms with van der Waals surface area (Å²) in [6, 6.07) is 15.8. The number of benzene rings is 2. The van der Waals surface area contributed by atoms with Crippen molar-refractivity contribution in [2.45, 2.75) is 26.0 Å². The third-order valence-corrected chi connectivity index (χ3v) is 3.80. The number of aliphatic hydroxyl groups excluding tert-OH is 1. The van der Waals surface area contributed by atoms with E-state index in [1.54, 1.807) is 0 Å². The van der Waals surface area contributed by atoms with Gasteiger partial charge in [-0.05, 0) is 31.0 Å². The summed E-state index contributed by atoms with van der Waals surface area (Å²) in [5, 5.41) is 14.2. The van der Waals surface area contributed by atoms with Gasteiger partial charge in [-0.2, -0.15) is 0 Å². The van der Waals surface area contributed by atoms with Gasteiger partial charge in [0.05, 0.1) is 6.10 Å². The van der Waals surface area contributed by atoms with Crippen LogP contribution in [0.5, 0.6) is 0 Å². The molecule has 0 aromatic heterocycles. The number of hydrogen-bond acceptors (Lipinski definition) is 2. The number of rotatable bonds is 5. The van der Waals surface area contributed by atoms with E-state index in [-0.39, 0.29) is 6.04 Å². The van der Waals surface area contributed by atoms with E-state index in [0.717, 1.165) is 16.1 Å². The normalized spacial score (nSPS) is 14.0. The summed E-state index contributed by atoms with van der Waals surface area (Å²) < 4.78 is 0. The van der Waals surface area contributed by atoms with Gasteiger partial charge in [-0.25, -0.2) is 0 Å². The molecule has 20 heavy (non-hydrogen) atoms. The van der Waals surface area contributed by atoms with Crippen LogP contribution in [0.15, 0.2) is 48.5 Å². The quantitative estimate of drug-likeness (QED) is 0.871. The van der Waals surface area contributed by atoms with Gasteiger partial charge in [0.25, 0.3) is 0 Å². The average molecular weight is 290 g/mol. The van der Waals surface area contributed by atoms with Gasteiger partial charge < -0.3 is 10.4 Å². The molecule has 0 saturated carbocycles. The Morgan fingerprint density at radius 3 is 2.40 bits per heavy atom. The first-order valence-electron chi connectivity index (χ1n) is 6.80. The van der Waals surface area contributed by atoms with Crippen molar-refractivity contribution in [2.24, 2.45) is 0 Å². The first kappa shape index (κ1) is 15.0. The summed E-state index contributed by atoms with van der Waals surface area (Å²) in [6.45, 7) is 4.58. The fourth-order valence-electron chi connectivity index (χ4n) is 2.13. The second kappa shape index (κ2) is 6.89. The van der Waals surface area contributed by atoms with Crippen molar-refractivity contribution >= 4 is 11.6 Å². The molecule has 3 heteroatoms. The number of aliphatic hydroxyl groups is 1. The minimum absolute atomic E-state index is 0.101. The molecule has 2 nitrogen and oxygen atoms in total. The SMILES string of the molecule is Cc1ccc([C@@H](O)CN[C@@H](C)c2ccccc2Cl)cc1. The van der Waals surface area contributed by atoms with Gasteiger partial charge >= 0.3 is 0 Å². The van der Waals surface area contributed by atoms with Crippen molar-refractivity contribution in [3.63, 3.8) is 0 Å². The van der Waals surface area contributed by atoms with E-state index in [0.29, 0.717) is 6.54 Å². The third kappa shape index (κ3) is 3.83. The molecule has 0 saturated heterocycles. The maximum absolute atomic E-state index is 10.2. The Hall–Kier alpha value is -1.35. The molecule has 0 aliphatic carbocycles. The van der Waals surface area contributed by atoms with Crippen molar-refractivity contribution in [1.82, 2.24) is 5.32 Å². The fourth-order valence-corrected chi connectivity index (χ4v) is 2.43. The third-order valence-electron chi connectivity index (χ3n) is 3.45. The molecule has 0 bridgehead atoms. The lowest BCUT2D eigenvalue weighted by atomic mass is 10.1. The molecular formula is C17H20ClNO. The van der Waals surface area contributed by atoms with Crippen LogP contribution in [0.3, 0.4) is 0 Å². The molecular weight excluding hydrogens is 270 g/mol. The highest BCUT2D eigenvalue weighted by Crippen LogP contribution is 2.22. The molecule has 106 valence electrons. The zero-order valence-electron chi connectivity index (χ0n) is 11.8. The van der Waals surface area contributed by atoms with Crippen molar-refractivity contribution in [2.75, 3.05) is 6.54 Å². The Kier molecular flexibility index (Phi) is 5.18. The second-order valence-electron chi connectivity index (χ2n) is 5.08. The number of aryl methyl sites for hydroxylation is 1. The van der Waals surface area contributed by atoms with E-state index in [1.165, 1.54) is 5.56 Å². The second-order valence-corrected chi connectivity index (χ2v) is 5.49. The van der Waals surface area contributed by atoms with Crippen LogP contribution >= 0.6 is 11.6 Å². The van der Waals surface area contributed by atoms with Gasteiger partial charge in [0.2, 0.25) is 0 Å². The first-order chi connectivity index (χ1) is 9.58. The summed E-state index contributed by atoms with van der Waals surface area (Å²) in [5.41, 5.74) is 3.16. The van der Waals surface area contributed by atoms with E-state index in [2.05, 4.69) is 5.32 Å². The van der Waals surface area contributed by atoms with Crippen LogP contribution in [0.25, 0.3) is 0 Å². The van der Waals surface area contributed by atoms with Crippen LogP contribution in [-0.4, -0.2) is 11.7 Å². The largest absolute Gasteiger partial charge is 0.387 e. The maximum Gasteiger partial charge on any atom is 0.0914 e. The zero-order chi connectivity index (χ0) is 14.5. The monoisotopic (exact) mass is 289 g/mol. The number of nitrogens with one attached hydrogen (secondary N) is 1.